The second kappa shape index (κ2) is 15.1. The van der Waals surface area contributed by atoms with E-state index in [-0.39, 0.29) is 0 Å². The second-order valence-corrected chi connectivity index (χ2v) is 6.79. The second-order valence-electron chi connectivity index (χ2n) is 6.79. The van der Waals surface area contributed by atoms with Gasteiger partial charge in [0.15, 0.2) is 0 Å². The number of nitrogens with zero attached hydrogens (tertiary/aromatic N) is 1. The zero-order chi connectivity index (χ0) is 18.2. The van der Waals surface area contributed by atoms with Crippen molar-refractivity contribution in [2.75, 3.05) is 45.9 Å². The lowest BCUT2D eigenvalue weighted by molar-refractivity contribution is -0.139. The average molecular weight is 356 g/mol. The van der Waals surface area contributed by atoms with E-state index in [4.69, 9.17) is 4.74 Å². The minimum atomic E-state index is -0.512. The number of nitrogens with one attached hydrogen (secondary N) is 2. The van der Waals surface area contributed by atoms with Crippen molar-refractivity contribution in [2.24, 2.45) is 0 Å². The van der Waals surface area contributed by atoms with Crippen molar-refractivity contribution >= 4 is 11.8 Å². The molecule has 1 saturated heterocycles. The monoisotopic (exact) mass is 355 g/mol. The molecule has 1 fully saturated rings. The van der Waals surface area contributed by atoms with Crippen LogP contribution in [-0.4, -0.2) is 62.7 Å². The zero-order valence-electron chi connectivity index (χ0n) is 16.0. The normalized spacial score (nSPS) is 15.1. The molecule has 6 nitrogen and oxygen atoms in total. The number of unbranched alkanes of at least 4 members (excludes halogenated alkanes) is 7. The Morgan fingerprint density at radius 3 is 1.92 bits per heavy atom. The molecule has 0 bridgehead atoms. The molecule has 6 heteroatoms. The summed E-state index contributed by atoms with van der Waals surface area (Å²) in [6, 6.07) is 0. The predicted octanol–water partition coefficient (Wildman–Crippen LogP) is 2.08. The molecule has 25 heavy (non-hydrogen) atoms. The molecule has 146 valence electrons. The van der Waals surface area contributed by atoms with Crippen LogP contribution in [0.25, 0.3) is 0 Å². The Balaban J connectivity index is 1.89. The molecule has 0 unspecified atom stereocenters. The summed E-state index contributed by atoms with van der Waals surface area (Å²) in [7, 11) is 0. The third-order valence-electron chi connectivity index (χ3n) is 4.56. The standard InChI is InChI=1S/C19H37N3O3/c1-2-3-4-5-6-7-8-9-11-20-18(23)19(24)21-12-10-13-22-14-16-25-17-15-22/h2-17H2,1H3,(H,20,23)(H,21,24). The number of hydrogen-bond acceptors (Lipinski definition) is 4. The lowest BCUT2D eigenvalue weighted by Crippen LogP contribution is -2.42. The van der Waals surface area contributed by atoms with E-state index in [2.05, 4.69) is 22.5 Å². The van der Waals surface area contributed by atoms with Crippen LogP contribution >= 0.6 is 0 Å². The summed E-state index contributed by atoms with van der Waals surface area (Å²) in [6.07, 6.45) is 10.7. The summed E-state index contributed by atoms with van der Waals surface area (Å²) >= 11 is 0. The number of rotatable bonds is 13. The molecular formula is C19H37N3O3. The molecular weight excluding hydrogens is 318 g/mol. The van der Waals surface area contributed by atoms with Gasteiger partial charge in [0, 0.05) is 26.2 Å². The summed E-state index contributed by atoms with van der Waals surface area (Å²) < 4.78 is 5.30. The number of carbonyl (C=O) groups is 2. The van der Waals surface area contributed by atoms with Crippen LogP contribution in [0.1, 0.15) is 64.7 Å². The van der Waals surface area contributed by atoms with Crippen molar-refractivity contribution in [2.45, 2.75) is 64.7 Å². The highest BCUT2D eigenvalue weighted by molar-refractivity contribution is 6.35. The summed E-state index contributed by atoms with van der Waals surface area (Å²) in [5, 5.41) is 5.40. The van der Waals surface area contributed by atoms with E-state index in [9.17, 15) is 9.59 Å². The van der Waals surface area contributed by atoms with E-state index in [1.165, 1.54) is 38.5 Å². The van der Waals surface area contributed by atoms with Gasteiger partial charge in [0.05, 0.1) is 13.2 Å². The Hall–Kier alpha value is -1.14. The zero-order valence-corrected chi connectivity index (χ0v) is 16.0. The minimum Gasteiger partial charge on any atom is -0.379 e. The van der Waals surface area contributed by atoms with Crippen LogP contribution in [0.2, 0.25) is 0 Å². The number of amides is 2. The molecule has 0 spiro atoms. The first-order chi connectivity index (χ1) is 12.2. The quantitative estimate of drug-likeness (QED) is 0.392. The predicted molar refractivity (Wildman–Crippen MR) is 101 cm³/mol. The fourth-order valence-electron chi connectivity index (χ4n) is 2.95. The highest BCUT2D eigenvalue weighted by Crippen LogP contribution is 2.07. The molecule has 0 atom stereocenters. The van der Waals surface area contributed by atoms with Gasteiger partial charge >= 0.3 is 11.8 Å². The number of morpholine rings is 1. The largest absolute Gasteiger partial charge is 0.379 e. The van der Waals surface area contributed by atoms with E-state index in [0.717, 1.165) is 52.1 Å². The van der Waals surface area contributed by atoms with Gasteiger partial charge in [0.25, 0.3) is 0 Å². The van der Waals surface area contributed by atoms with Gasteiger partial charge in [-0.2, -0.15) is 0 Å². The third kappa shape index (κ3) is 11.9. The molecule has 1 rings (SSSR count). The Morgan fingerprint density at radius 1 is 0.800 bits per heavy atom. The SMILES string of the molecule is CCCCCCCCCCNC(=O)C(=O)NCCCN1CCOCC1. The summed E-state index contributed by atoms with van der Waals surface area (Å²) in [5.74, 6) is -1.02. The molecule has 0 saturated carbocycles. The van der Waals surface area contributed by atoms with E-state index in [1.807, 2.05) is 0 Å². The highest BCUT2D eigenvalue weighted by Gasteiger charge is 2.13. The molecule has 0 aliphatic carbocycles. The van der Waals surface area contributed by atoms with Crippen molar-refractivity contribution < 1.29 is 14.3 Å². The van der Waals surface area contributed by atoms with Gasteiger partial charge in [-0.15, -0.1) is 0 Å². The summed E-state index contributed by atoms with van der Waals surface area (Å²) in [4.78, 5) is 25.7. The Bertz CT molecular complexity index is 358. The molecule has 1 heterocycles. The Kier molecular flexibility index (Phi) is 13.3. The molecule has 0 radical (unpaired) electrons. The van der Waals surface area contributed by atoms with Gasteiger partial charge in [-0.25, -0.2) is 0 Å². The van der Waals surface area contributed by atoms with Crippen LogP contribution in [-0.2, 0) is 14.3 Å². The maximum atomic E-state index is 11.7. The maximum Gasteiger partial charge on any atom is 0.309 e. The first-order valence-electron chi connectivity index (χ1n) is 10.1. The number of hydrogen-bond donors (Lipinski definition) is 2. The molecule has 0 aromatic carbocycles. The van der Waals surface area contributed by atoms with Gasteiger partial charge in [0.2, 0.25) is 0 Å². The average Bonchev–Trinajstić information content (AvgIpc) is 2.64. The lowest BCUT2D eigenvalue weighted by Gasteiger charge is -2.26. The first kappa shape index (κ1) is 21.9. The Morgan fingerprint density at radius 2 is 1.32 bits per heavy atom. The first-order valence-corrected chi connectivity index (χ1v) is 10.1. The van der Waals surface area contributed by atoms with Crippen molar-refractivity contribution in [3.63, 3.8) is 0 Å². The van der Waals surface area contributed by atoms with Crippen molar-refractivity contribution in [1.29, 1.82) is 0 Å². The van der Waals surface area contributed by atoms with Crippen molar-refractivity contribution in [3.05, 3.63) is 0 Å². The number of ether oxygens (including phenoxy) is 1. The van der Waals surface area contributed by atoms with Crippen molar-refractivity contribution in [3.8, 4) is 0 Å². The molecule has 1 aliphatic heterocycles. The molecule has 0 aromatic rings. The summed E-state index contributed by atoms with van der Waals surface area (Å²) in [5.41, 5.74) is 0. The number of carbonyl (C=O) groups excluding carboxylic acids is 2. The highest BCUT2D eigenvalue weighted by atomic mass is 16.5. The van der Waals surface area contributed by atoms with Gasteiger partial charge in [0.1, 0.15) is 0 Å². The Labute approximate surface area is 153 Å². The van der Waals surface area contributed by atoms with Crippen LogP contribution in [0.4, 0.5) is 0 Å². The molecule has 2 N–H and O–H groups in total. The third-order valence-corrected chi connectivity index (χ3v) is 4.56. The lowest BCUT2D eigenvalue weighted by atomic mass is 10.1. The fraction of sp³-hybridized carbons (Fsp3) is 0.895. The van der Waals surface area contributed by atoms with Crippen LogP contribution in [0.3, 0.4) is 0 Å². The van der Waals surface area contributed by atoms with E-state index in [1.54, 1.807) is 0 Å². The van der Waals surface area contributed by atoms with Crippen LogP contribution in [0.15, 0.2) is 0 Å². The topological polar surface area (TPSA) is 70.7 Å². The van der Waals surface area contributed by atoms with Gasteiger partial charge in [-0.05, 0) is 19.4 Å². The van der Waals surface area contributed by atoms with Crippen LogP contribution in [0, 0.1) is 0 Å². The van der Waals surface area contributed by atoms with Gasteiger partial charge in [-0.1, -0.05) is 51.9 Å². The van der Waals surface area contributed by atoms with Gasteiger partial charge in [-0.3, -0.25) is 14.5 Å². The molecule has 2 amide bonds. The maximum absolute atomic E-state index is 11.7. The van der Waals surface area contributed by atoms with Crippen LogP contribution in [0.5, 0.6) is 0 Å². The molecule has 0 aromatic heterocycles. The van der Waals surface area contributed by atoms with E-state index >= 15 is 0 Å². The van der Waals surface area contributed by atoms with Gasteiger partial charge < -0.3 is 15.4 Å². The molecule has 1 aliphatic rings. The summed E-state index contributed by atoms with van der Waals surface area (Å²) in [6.45, 7) is 7.77. The fourth-order valence-corrected chi connectivity index (χ4v) is 2.95. The minimum absolute atomic E-state index is 0.505. The van der Waals surface area contributed by atoms with E-state index in [0.29, 0.717) is 13.1 Å². The van der Waals surface area contributed by atoms with E-state index < -0.39 is 11.8 Å². The van der Waals surface area contributed by atoms with Crippen molar-refractivity contribution in [1.82, 2.24) is 15.5 Å². The smallest absolute Gasteiger partial charge is 0.309 e. The van der Waals surface area contributed by atoms with Crippen LogP contribution < -0.4 is 10.6 Å².